The molecule has 2 aliphatic carbocycles. The molecule has 0 heterocycles. The standard InChI is InChI=1S/C37H80B32/c1-12(2)15-7-16(13-3-5-18-20(10-13)24(34(58,59)60,35(61,62)63)28(42,43)26(38,39)22(18,30(46,47)48)31(49,50)51)9-17(8-15)14-4-6-19-21(11-14)25(36(64,65)66,37(67,68)69)29(44,45)27(40,41)23(19,32(52,53)54)33(55,56)57/h3-12H,38-69H2,1-2H3. The lowest BCUT2D eigenvalue weighted by Crippen LogP contribution is -2.74. The van der Waals surface area contributed by atoms with Crippen molar-refractivity contribution in [1.82, 2.24) is 0 Å². The zero-order chi connectivity index (χ0) is 54.1. The zero-order valence-corrected chi connectivity index (χ0v) is 52.3. The van der Waals surface area contributed by atoms with E-state index in [0.29, 0.717) is 5.92 Å². The molecular weight excluding hydrogens is 790 g/mol. The third-order valence-corrected chi connectivity index (χ3v) is 21.8. The molecule has 0 saturated heterocycles. The first-order valence-corrected chi connectivity index (χ1v) is 27.7. The van der Waals surface area contributed by atoms with E-state index in [2.05, 4.69) is 320 Å². The van der Waals surface area contributed by atoms with Crippen LogP contribution in [0.3, 0.4) is 0 Å². The van der Waals surface area contributed by atoms with Crippen LogP contribution in [0, 0.1) is 0 Å². The Labute approximate surface area is 455 Å². The average molecular weight is 871 g/mol. The van der Waals surface area contributed by atoms with E-state index in [4.69, 9.17) is 0 Å². The van der Waals surface area contributed by atoms with Gasteiger partial charge in [0.1, 0.15) is 0 Å². The highest BCUT2D eigenvalue weighted by Gasteiger charge is 2.76. The summed E-state index contributed by atoms with van der Waals surface area (Å²) < 4.78 is 0. The molecule has 69 heavy (non-hydrogen) atoms. The molecule has 0 spiro atoms. The predicted molar refractivity (Wildman–Crippen MR) is 404 cm³/mol. The van der Waals surface area contributed by atoms with Crippen LogP contribution in [0.15, 0.2) is 54.6 Å². The minimum atomic E-state index is -0.185. The van der Waals surface area contributed by atoms with Gasteiger partial charge in [-0.05, 0) is 83.7 Å². The van der Waals surface area contributed by atoms with E-state index in [1.807, 2.05) is 0 Å². The second kappa shape index (κ2) is 16.6. The molecule has 3 aromatic carbocycles. The Morgan fingerprint density at radius 1 is 0.275 bits per heavy atom. The maximum atomic E-state index is 2.72. The second-order valence-corrected chi connectivity index (χ2v) is 34.0. The van der Waals surface area contributed by atoms with E-state index < -0.39 is 0 Å². The quantitative estimate of drug-likeness (QED) is 0.168. The first kappa shape index (κ1) is 59.6. The van der Waals surface area contributed by atoms with Crippen LogP contribution in [0.5, 0.6) is 0 Å². The van der Waals surface area contributed by atoms with Gasteiger partial charge in [0.25, 0.3) is 0 Å². The summed E-state index contributed by atoms with van der Waals surface area (Å²) in [7, 11) is 82.2. The van der Waals surface area contributed by atoms with Crippen LogP contribution in [0.4, 0.5) is 0 Å². The molecule has 0 unspecified atom stereocenters. The molecule has 0 saturated carbocycles. The van der Waals surface area contributed by atoms with Crippen LogP contribution in [0.2, 0.25) is 61.8 Å². The highest BCUT2D eigenvalue weighted by molar-refractivity contribution is 6.74. The average Bonchev–Trinajstić information content (AvgIpc) is 3.07. The van der Waals surface area contributed by atoms with Crippen LogP contribution >= 0.6 is 0 Å². The summed E-state index contributed by atoms with van der Waals surface area (Å²) in [5.41, 5.74) is 12.3. The Balaban J connectivity index is 2.05. The number of hydrogen-bond donors (Lipinski definition) is 0. The van der Waals surface area contributed by atoms with Crippen LogP contribution in [0.25, 0.3) is 22.3 Å². The fraction of sp³-hybridized carbons (Fsp3) is 0.514. The molecule has 0 bridgehead atoms. The van der Waals surface area contributed by atoms with Crippen molar-refractivity contribution in [2.75, 3.05) is 0 Å². The molecule has 0 atom stereocenters. The molecule has 0 N–H and O–H groups in total. The fourth-order valence-electron chi connectivity index (χ4n) is 22.5. The van der Waals surface area contributed by atoms with Crippen molar-refractivity contribution in [3.8, 4) is 22.3 Å². The number of rotatable bonds is 11. The SMILES string of the molecule is BC(B)(B)C1(C(B)(B)B)c2ccc(-c3cc(-c4ccc5c(c4)C(C(B)(B)B)(C(B)(B)B)C(B)(B)C(B)(B)C5(C(B)(B)B)C(B)(B)B)cc(C(C)C)c3)cc2C(C(B)(B)B)(C(B)(B)B)C(B)(B)C1(B)B. The summed E-state index contributed by atoms with van der Waals surface area (Å²) in [5, 5.41) is -0.730. The van der Waals surface area contributed by atoms with Gasteiger partial charge in [0.05, 0.1) is 251 Å². The molecule has 0 amide bonds. The van der Waals surface area contributed by atoms with E-state index in [0.717, 1.165) is 0 Å². The minimum absolute atomic E-state index is 0.0297. The Hall–Kier alpha value is -0.262. The van der Waals surface area contributed by atoms with Gasteiger partial charge >= 0.3 is 0 Å². The summed E-state index contributed by atoms with van der Waals surface area (Å²) in [6.45, 7) is 4.77. The van der Waals surface area contributed by atoms with Crippen molar-refractivity contribution in [3.05, 3.63) is 82.4 Å². The van der Waals surface area contributed by atoms with E-state index in [9.17, 15) is 0 Å². The monoisotopic (exact) mass is 877 g/mol. The van der Waals surface area contributed by atoms with Crippen molar-refractivity contribution in [1.29, 1.82) is 0 Å². The molecule has 2 aliphatic rings. The van der Waals surface area contributed by atoms with E-state index in [-0.39, 0.29) is 83.4 Å². The van der Waals surface area contributed by atoms with Gasteiger partial charge in [0, 0.05) is 0 Å². The summed E-state index contributed by atoms with van der Waals surface area (Å²) in [5.74, 6) is 0.369. The van der Waals surface area contributed by atoms with Crippen molar-refractivity contribution in [3.63, 3.8) is 0 Å². The third-order valence-electron chi connectivity index (χ3n) is 21.8. The van der Waals surface area contributed by atoms with Crippen LogP contribution in [0.1, 0.15) is 47.6 Å². The van der Waals surface area contributed by atoms with Gasteiger partial charge in [-0.3, -0.25) is 0 Å². The van der Waals surface area contributed by atoms with Crippen molar-refractivity contribution in [2.45, 2.75) is 103 Å². The fourth-order valence-corrected chi connectivity index (χ4v) is 22.5. The lowest BCUT2D eigenvalue weighted by molar-refractivity contribution is 0.212. The maximum absolute atomic E-state index is 2.72. The number of fused-ring (bicyclic) bond motifs is 2. The van der Waals surface area contributed by atoms with Crippen molar-refractivity contribution in [2.24, 2.45) is 0 Å². The molecule has 0 radical (unpaired) electrons. The van der Waals surface area contributed by atoms with Gasteiger partial charge in [0.2, 0.25) is 0 Å². The zero-order valence-electron chi connectivity index (χ0n) is 52.3. The number of hydrogen-bond acceptors (Lipinski definition) is 0. The van der Waals surface area contributed by atoms with Crippen molar-refractivity contribution < 1.29 is 0 Å². The topological polar surface area (TPSA) is 0 Å². The predicted octanol–water partition coefficient (Wildman–Crippen LogP) is -21.6. The number of benzene rings is 3. The normalized spacial score (nSPS) is 21.5. The van der Waals surface area contributed by atoms with Crippen LogP contribution in [-0.4, -0.2) is 251 Å². The smallest absolute Gasteiger partial charge is 0.0991 e. The Kier molecular flexibility index (Phi) is 14.4. The Morgan fingerprint density at radius 2 is 0.478 bits per heavy atom. The van der Waals surface area contributed by atoms with Gasteiger partial charge < -0.3 is 0 Å². The largest absolute Gasteiger partial charge is 0.104 e. The minimum Gasteiger partial charge on any atom is -0.104 e. The highest BCUT2D eigenvalue weighted by Crippen LogP contribution is 2.84. The van der Waals surface area contributed by atoms with E-state index in [1.165, 1.54) is 27.8 Å². The van der Waals surface area contributed by atoms with Crippen molar-refractivity contribution >= 4 is 251 Å². The first-order valence-electron chi connectivity index (χ1n) is 27.7. The maximum Gasteiger partial charge on any atom is 0.0991 e. The van der Waals surface area contributed by atoms with Crippen LogP contribution < -0.4 is 0 Å². The Morgan fingerprint density at radius 3 is 0.667 bits per heavy atom. The van der Waals surface area contributed by atoms with Gasteiger partial charge in [-0.15, -0.1) is 40.9 Å². The van der Waals surface area contributed by atoms with E-state index >= 15 is 0 Å². The summed E-state index contributed by atoms with van der Waals surface area (Å²) in [6.07, 6.45) is 0. The third kappa shape index (κ3) is 7.34. The highest BCUT2D eigenvalue weighted by atomic mass is 14.7. The molecule has 0 aliphatic heterocycles. The molecule has 5 rings (SSSR count). The van der Waals surface area contributed by atoms with Crippen LogP contribution in [-0.2, 0) is 21.7 Å². The summed E-state index contributed by atoms with van der Waals surface area (Å²) in [6, 6.07) is 23.4. The lowest BCUT2D eigenvalue weighted by atomic mass is 8.99. The molecule has 0 aromatic heterocycles. The van der Waals surface area contributed by atoms with E-state index in [1.54, 1.807) is 22.3 Å². The second-order valence-electron chi connectivity index (χ2n) is 34.0. The first-order chi connectivity index (χ1) is 30.2. The lowest BCUT2D eigenvalue weighted by Gasteiger charge is -2.81. The molecule has 324 valence electrons. The molecule has 32 heteroatoms. The Bertz CT molecular complexity index is 2270. The van der Waals surface area contributed by atoms with Gasteiger partial charge in [-0.1, -0.05) is 83.2 Å². The van der Waals surface area contributed by atoms with Gasteiger partial charge in [0.15, 0.2) is 0 Å². The van der Waals surface area contributed by atoms with Gasteiger partial charge in [-0.25, -0.2) is 0 Å². The molecule has 0 nitrogen and oxygen atoms in total. The van der Waals surface area contributed by atoms with Gasteiger partial charge in [-0.2, -0.15) is 0 Å². The molecular formula is C37H80B32. The summed E-state index contributed by atoms with van der Waals surface area (Å²) in [4.78, 5) is 0. The summed E-state index contributed by atoms with van der Waals surface area (Å²) >= 11 is 0. The molecule has 0 fully saturated rings. The molecule has 3 aromatic rings.